The molecule has 1 heterocycles. The van der Waals surface area contributed by atoms with Crippen LogP contribution < -0.4 is 10.1 Å². The first-order chi connectivity index (χ1) is 12.1. The van der Waals surface area contributed by atoms with E-state index in [-0.39, 0.29) is 11.7 Å². The average Bonchev–Trinajstić information content (AvgIpc) is 3.12. The van der Waals surface area contributed by atoms with Crippen LogP contribution in [0.4, 0.5) is 0 Å². The fourth-order valence-corrected chi connectivity index (χ4v) is 2.45. The van der Waals surface area contributed by atoms with Crippen LogP contribution in [0.2, 0.25) is 0 Å². The van der Waals surface area contributed by atoms with Crippen LogP contribution in [0.1, 0.15) is 21.6 Å². The summed E-state index contributed by atoms with van der Waals surface area (Å²) in [7, 11) is 1.61. The van der Waals surface area contributed by atoms with Crippen LogP contribution in [0.5, 0.6) is 11.5 Å². The number of methoxy groups -OCH3 is 1. The van der Waals surface area contributed by atoms with Gasteiger partial charge in [0, 0.05) is 12.1 Å². The van der Waals surface area contributed by atoms with Crippen LogP contribution in [0, 0.1) is 6.92 Å². The number of carbonyl (C=O) groups is 1. The smallest absolute Gasteiger partial charge is 0.269 e. The molecule has 0 saturated carbocycles. The Morgan fingerprint density at radius 1 is 1.20 bits per heavy atom. The van der Waals surface area contributed by atoms with Gasteiger partial charge in [0.25, 0.3) is 5.91 Å². The number of rotatable bonds is 5. The molecule has 0 aliphatic carbocycles. The van der Waals surface area contributed by atoms with Crippen molar-refractivity contribution in [3.05, 3.63) is 65.4 Å². The van der Waals surface area contributed by atoms with E-state index in [1.54, 1.807) is 19.2 Å². The summed E-state index contributed by atoms with van der Waals surface area (Å²) in [5, 5.41) is 19.6. The van der Waals surface area contributed by atoms with Gasteiger partial charge in [-0.15, -0.1) is 0 Å². The zero-order valence-corrected chi connectivity index (χ0v) is 14.0. The van der Waals surface area contributed by atoms with Gasteiger partial charge in [-0.3, -0.25) is 9.89 Å². The Labute approximate surface area is 145 Å². The molecule has 0 fully saturated rings. The lowest BCUT2D eigenvalue weighted by molar-refractivity contribution is 0.0946. The number of ether oxygens (including phenoxy) is 1. The second-order valence-corrected chi connectivity index (χ2v) is 5.72. The Morgan fingerprint density at radius 2 is 1.96 bits per heavy atom. The van der Waals surface area contributed by atoms with Gasteiger partial charge in [-0.05, 0) is 42.8 Å². The highest BCUT2D eigenvalue weighted by Crippen LogP contribution is 2.28. The Hall–Kier alpha value is -3.28. The minimum absolute atomic E-state index is 0.127. The van der Waals surface area contributed by atoms with Crippen molar-refractivity contribution in [3.8, 4) is 22.8 Å². The van der Waals surface area contributed by atoms with E-state index in [2.05, 4.69) is 15.5 Å². The first-order valence-electron chi connectivity index (χ1n) is 7.83. The van der Waals surface area contributed by atoms with Crippen LogP contribution in [0.15, 0.2) is 48.5 Å². The maximum absolute atomic E-state index is 12.3. The lowest BCUT2D eigenvalue weighted by atomic mass is 10.1. The van der Waals surface area contributed by atoms with Crippen LogP contribution in [-0.4, -0.2) is 28.3 Å². The van der Waals surface area contributed by atoms with E-state index in [0.29, 0.717) is 23.5 Å². The Kier molecular flexibility index (Phi) is 4.70. The summed E-state index contributed by atoms with van der Waals surface area (Å²) in [6.45, 7) is 2.32. The minimum Gasteiger partial charge on any atom is -0.507 e. The molecule has 0 aliphatic rings. The number of nitrogens with one attached hydrogen (secondary N) is 2. The zero-order valence-electron chi connectivity index (χ0n) is 14.0. The molecule has 0 bridgehead atoms. The van der Waals surface area contributed by atoms with E-state index >= 15 is 0 Å². The molecule has 0 aliphatic heterocycles. The second-order valence-electron chi connectivity index (χ2n) is 5.72. The fourth-order valence-electron chi connectivity index (χ4n) is 2.45. The summed E-state index contributed by atoms with van der Waals surface area (Å²) >= 11 is 0. The van der Waals surface area contributed by atoms with Crippen molar-refractivity contribution in [3.63, 3.8) is 0 Å². The SMILES string of the molecule is COc1ccc(CNC(=O)c2cc(-c3cc(C)ccc3O)n[nH]2)cc1. The molecule has 0 spiro atoms. The van der Waals surface area contributed by atoms with E-state index in [0.717, 1.165) is 16.9 Å². The molecule has 0 radical (unpaired) electrons. The van der Waals surface area contributed by atoms with Crippen molar-refractivity contribution in [1.82, 2.24) is 15.5 Å². The summed E-state index contributed by atoms with van der Waals surface area (Å²) in [4.78, 5) is 12.3. The van der Waals surface area contributed by atoms with Crippen molar-refractivity contribution >= 4 is 5.91 Å². The molecule has 128 valence electrons. The van der Waals surface area contributed by atoms with Crippen LogP contribution in [-0.2, 0) is 6.54 Å². The van der Waals surface area contributed by atoms with Crippen LogP contribution >= 0.6 is 0 Å². The maximum atomic E-state index is 12.3. The molecule has 2 aromatic carbocycles. The molecule has 3 aromatic rings. The standard InChI is InChI=1S/C19H19N3O3/c1-12-3-8-18(23)15(9-12)16-10-17(22-21-16)19(24)20-11-13-4-6-14(25-2)7-5-13/h3-10,23H,11H2,1-2H3,(H,20,24)(H,21,22). The van der Waals surface area contributed by atoms with Gasteiger partial charge in [0.05, 0.1) is 12.8 Å². The summed E-state index contributed by atoms with van der Waals surface area (Å²) in [6, 6.07) is 14.3. The summed E-state index contributed by atoms with van der Waals surface area (Å²) in [6.07, 6.45) is 0. The zero-order chi connectivity index (χ0) is 17.8. The normalized spacial score (nSPS) is 10.5. The largest absolute Gasteiger partial charge is 0.507 e. The molecular formula is C19H19N3O3. The first-order valence-corrected chi connectivity index (χ1v) is 7.83. The number of aromatic amines is 1. The fraction of sp³-hybridized carbons (Fsp3) is 0.158. The van der Waals surface area contributed by atoms with Gasteiger partial charge < -0.3 is 15.2 Å². The number of hydrogen-bond acceptors (Lipinski definition) is 4. The monoisotopic (exact) mass is 337 g/mol. The number of carbonyl (C=O) groups excluding carboxylic acids is 1. The van der Waals surface area contributed by atoms with Gasteiger partial charge in [-0.25, -0.2) is 0 Å². The van der Waals surface area contributed by atoms with Gasteiger partial charge in [-0.2, -0.15) is 5.10 Å². The third-order valence-electron chi connectivity index (χ3n) is 3.86. The molecule has 6 nitrogen and oxygen atoms in total. The maximum Gasteiger partial charge on any atom is 0.269 e. The highest BCUT2D eigenvalue weighted by Gasteiger charge is 2.13. The highest BCUT2D eigenvalue weighted by molar-refractivity contribution is 5.93. The van der Waals surface area contributed by atoms with Crippen molar-refractivity contribution in [2.24, 2.45) is 0 Å². The van der Waals surface area contributed by atoms with Crippen LogP contribution in [0.25, 0.3) is 11.3 Å². The van der Waals surface area contributed by atoms with E-state index in [9.17, 15) is 9.90 Å². The molecule has 3 rings (SSSR count). The molecule has 0 unspecified atom stereocenters. The molecule has 0 saturated heterocycles. The van der Waals surface area contributed by atoms with E-state index in [1.165, 1.54) is 0 Å². The molecule has 0 atom stereocenters. The lowest BCUT2D eigenvalue weighted by Crippen LogP contribution is -2.23. The Balaban J connectivity index is 1.69. The third kappa shape index (κ3) is 3.80. The predicted molar refractivity (Wildman–Crippen MR) is 94.6 cm³/mol. The highest BCUT2D eigenvalue weighted by atomic mass is 16.5. The van der Waals surface area contributed by atoms with E-state index in [1.807, 2.05) is 43.3 Å². The number of nitrogens with zero attached hydrogens (tertiary/aromatic N) is 1. The van der Waals surface area contributed by atoms with Gasteiger partial charge >= 0.3 is 0 Å². The number of hydrogen-bond donors (Lipinski definition) is 3. The average molecular weight is 337 g/mol. The number of aryl methyl sites for hydroxylation is 1. The summed E-state index contributed by atoms with van der Waals surface area (Å²) in [5.41, 5.74) is 3.41. The number of aromatic hydroxyl groups is 1. The van der Waals surface area contributed by atoms with Gasteiger partial charge in [0.2, 0.25) is 0 Å². The molecule has 3 N–H and O–H groups in total. The second kappa shape index (κ2) is 7.09. The quantitative estimate of drug-likeness (QED) is 0.668. The number of aromatic nitrogens is 2. The van der Waals surface area contributed by atoms with Gasteiger partial charge in [-0.1, -0.05) is 23.8 Å². The molecule has 1 amide bonds. The summed E-state index contributed by atoms with van der Waals surface area (Å²) in [5.74, 6) is 0.634. The third-order valence-corrected chi connectivity index (χ3v) is 3.86. The minimum atomic E-state index is -0.262. The molecule has 6 heteroatoms. The van der Waals surface area contributed by atoms with Crippen molar-refractivity contribution < 1.29 is 14.6 Å². The lowest BCUT2D eigenvalue weighted by Gasteiger charge is -2.05. The van der Waals surface area contributed by atoms with Crippen molar-refractivity contribution in [2.45, 2.75) is 13.5 Å². The molecular weight excluding hydrogens is 318 g/mol. The Morgan fingerprint density at radius 3 is 2.68 bits per heavy atom. The van der Waals surface area contributed by atoms with Gasteiger partial charge in [0.1, 0.15) is 17.2 Å². The van der Waals surface area contributed by atoms with E-state index in [4.69, 9.17) is 4.74 Å². The van der Waals surface area contributed by atoms with Crippen LogP contribution in [0.3, 0.4) is 0 Å². The number of amides is 1. The van der Waals surface area contributed by atoms with Gasteiger partial charge in [0.15, 0.2) is 0 Å². The Bertz CT molecular complexity index is 885. The molecule has 25 heavy (non-hydrogen) atoms. The number of H-pyrrole nitrogens is 1. The number of phenols is 1. The topological polar surface area (TPSA) is 87.2 Å². The number of phenolic OH excluding ortho intramolecular Hbond substituents is 1. The predicted octanol–water partition coefficient (Wildman–Crippen LogP) is 3.03. The van der Waals surface area contributed by atoms with Crippen molar-refractivity contribution in [2.75, 3.05) is 7.11 Å². The van der Waals surface area contributed by atoms with E-state index < -0.39 is 0 Å². The van der Waals surface area contributed by atoms with Crippen molar-refractivity contribution in [1.29, 1.82) is 0 Å². The first kappa shape index (κ1) is 16.6. The summed E-state index contributed by atoms with van der Waals surface area (Å²) < 4.78 is 5.11. The number of benzene rings is 2. The molecule has 1 aromatic heterocycles.